The van der Waals surface area contributed by atoms with Crippen LogP contribution in [0.15, 0.2) is 97.2 Å². The number of carbonyl (C=O) groups is 2. The highest BCUT2D eigenvalue weighted by Crippen LogP contribution is 2.18. The molecule has 0 saturated heterocycles. The summed E-state index contributed by atoms with van der Waals surface area (Å²) in [6.45, 7) is 4.07. The minimum Gasteiger partial charge on any atom is -0.462 e. The zero-order chi connectivity index (χ0) is 60.5. The van der Waals surface area contributed by atoms with Gasteiger partial charge in [-0.1, -0.05) is 361 Å². The Morgan fingerprint density at radius 1 is 0.286 bits per heavy atom. The lowest BCUT2D eigenvalue weighted by molar-refractivity contribution is -0.161. The van der Waals surface area contributed by atoms with E-state index < -0.39 is 6.10 Å². The average molecular weight is 1170 g/mol. The second-order valence-corrected chi connectivity index (χ2v) is 24.6. The van der Waals surface area contributed by atoms with Crippen LogP contribution in [0.2, 0.25) is 0 Å². The highest BCUT2D eigenvalue weighted by atomic mass is 16.6. The molecular weight excluding hydrogens is 1030 g/mol. The summed E-state index contributed by atoms with van der Waals surface area (Å²) in [6.07, 6.45) is 106. The van der Waals surface area contributed by atoms with E-state index >= 15 is 0 Å². The fourth-order valence-electron chi connectivity index (χ4n) is 10.9. The van der Waals surface area contributed by atoms with Crippen LogP contribution in [0.5, 0.6) is 0 Å². The summed E-state index contributed by atoms with van der Waals surface area (Å²) in [5.41, 5.74) is 0. The maximum absolute atomic E-state index is 12.4. The van der Waals surface area contributed by atoms with E-state index in [9.17, 15) is 14.7 Å². The molecule has 5 heteroatoms. The molecule has 486 valence electrons. The highest BCUT2D eigenvalue weighted by molar-refractivity contribution is 5.70. The largest absolute Gasteiger partial charge is 0.462 e. The lowest BCUT2D eigenvalue weighted by Gasteiger charge is -2.15. The molecule has 0 saturated carbocycles. The van der Waals surface area contributed by atoms with E-state index in [-0.39, 0.29) is 25.2 Å². The predicted octanol–water partition coefficient (Wildman–Crippen LogP) is 25.8. The number of aliphatic hydroxyl groups excluding tert-OH is 1. The van der Waals surface area contributed by atoms with Gasteiger partial charge in [0, 0.05) is 12.8 Å². The summed E-state index contributed by atoms with van der Waals surface area (Å²) in [4.78, 5) is 24.7. The maximum atomic E-state index is 12.4. The molecule has 0 rings (SSSR count). The molecule has 84 heavy (non-hydrogen) atoms. The third kappa shape index (κ3) is 71.3. The molecule has 1 unspecified atom stereocenters. The standard InChI is InChI=1S/C79H140O5/c1-3-5-7-9-11-13-15-17-19-21-23-25-27-29-31-33-35-37-38-39-40-42-44-46-48-50-52-54-56-58-60-62-64-66-68-70-72-74-79(82)84-77(75-80)76-83-78(81)73-71-69-67-65-63-61-59-57-55-53-51-49-47-45-43-41-36-34-32-30-28-26-24-22-20-18-16-14-12-10-8-6-4-2/h5,7,11,13,17,19,22-25,29,31,35,37,39-40,77,80H,3-4,6,8-10,12,14-16,18,20-21,26-28,30,32-34,36,38,41-76H2,1-2H3/b7-5-,13-11-,19-17-,24-22-,25-23-,31-29-,37-35-,40-39-. The van der Waals surface area contributed by atoms with Gasteiger partial charge in [-0.2, -0.15) is 0 Å². The molecule has 0 heterocycles. The zero-order valence-electron chi connectivity index (χ0n) is 55.9. The van der Waals surface area contributed by atoms with Crippen LogP contribution in [0.4, 0.5) is 0 Å². The third-order valence-corrected chi connectivity index (χ3v) is 16.4. The fourth-order valence-corrected chi connectivity index (χ4v) is 10.9. The van der Waals surface area contributed by atoms with Crippen LogP contribution in [0.3, 0.4) is 0 Å². The van der Waals surface area contributed by atoms with Crippen molar-refractivity contribution in [1.29, 1.82) is 0 Å². The number of hydrogen-bond acceptors (Lipinski definition) is 5. The molecule has 5 nitrogen and oxygen atoms in total. The van der Waals surface area contributed by atoms with Crippen molar-refractivity contribution in [2.24, 2.45) is 0 Å². The van der Waals surface area contributed by atoms with Gasteiger partial charge < -0.3 is 14.6 Å². The Kier molecular flexibility index (Phi) is 71.3. The summed E-state index contributed by atoms with van der Waals surface area (Å²) in [7, 11) is 0. The normalized spacial score (nSPS) is 12.8. The first-order valence-corrected chi connectivity index (χ1v) is 36.8. The molecule has 1 N–H and O–H groups in total. The van der Waals surface area contributed by atoms with Gasteiger partial charge in [-0.15, -0.1) is 0 Å². The Bertz CT molecular complexity index is 1560. The van der Waals surface area contributed by atoms with Crippen LogP contribution in [-0.4, -0.2) is 36.4 Å². The first-order valence-electron chi connectivity index (χ1n) is 36.8. The van der Waals surface area contributed by atoms with Gasteiger partial charge in [-0.25, -0.2) is 0 Å². The summed E-state index contributed by atoms with van der Waals surface area (Å²) >= 11 is 0. The first-order chi connectivity index (χ1) is 41.6. The summed E-state index contributed by atoms with van der Waals surface area (Å²) in [6, 6.07) is 0. The molecule has 0 spiro atoms. The van der Waals surface area contributed by atoms with Gasteiger partial charge in [-0.05, 0) is 96.3 Å². The first kappa shape index (κ1) is 80.8. The van der Waals surface area contributed by atoms with Crippen molar-refractivity contribution in [1.82, 2.24) is 0 Å². The van der Waals surface area contributed by atoms with E-state index in [1.807, 2.05) is 0 Å². The van der Waals surface area contributed by atoms with Crippen molar-refractivity contribution in [3.05, 3.63) is 97.2 Å². The Morgan fingerprint density at radius 2 is 0.512 bits per heavy atom. The van der Waals surface area contributed by atoms with Gasteiger partial charge in [0.2, 0.25) is 0 Å². The zero-order valence-corrected chi connectivity index (χ0v) is 55.9. The van der Waals surface area contributed by atoms with Crippen molar-refractivity contribution in [3.63, 3.8) is 0 Å². The number of aliphatic hydroxyl groups is 1. The van der Waals surface area contributed by atoms with Crippen molar-refractivity contribution in [3.8, 4) is 0 Å². The molecular formula is C79H140O5. The Balaban J connectivity index is 3.44. The van der Waals surface area contributed by atoms with Gasteiger partial charge in [0.25, 0.3) is 0 Å². The van der Waals surface area contributed by atoms with E-state index in [1.54, 1.807) is 0 Å². The molecule has 0 bridgehead atoms. The fraction of sp³-hybridized carbons (Fsp3) is 0.772. The molecule has 0 aromatic rings. The van der Waals surface area contributed by atoms with E-state index in [0.717, 1.165) is 83.5 Å². The van der Waals surface area contributed by atoms with Crippen LogP contribution in [0.1, 0.15) is 373 Å². The SMILES string of the molecule is CC/C=C\C/C=C\C/C=C\C/C=C\C/C=C\C/C=C\C/C=C\CCCCCCCCCCCCCCCCCC(=O)OC(CO)COC(=O)CCCCCCCCCCCCCCCCCCCCCCC/C=C\CCCCCCCCCC. The van der Waals surface area contributed by atoms with E-state index in [1.165, 1.54) is 263 Å². The lowest BCUT2D eigenvalue weighted by Crippen LogP contribution is -2.28. The number of rotatable bonds is 68. The minimum atomic E-state index is -0.776. The van der Waals surface area contributed by atoms with E-state index in [2.05, 4.69) is 111 Å². The molecule has 0 aliphatic carbocycles. The van der Waals surface area contributed by atoms with Crippen LogP contribution in [0, 0.1) is 0 Å². The van der Waals surface area contributed by atoms with Gasteiger partial charge in [-0.3, -0.25) is 9.59 Å². The Labute approximate surface area is 523 Å². The maximum Gasteiger partial charge on any atom is 0.306 e. The van der Waals surface area contributed by atoms with Gasteiger partial charge in [0.05, 0.1) is 6.61 Å². The third-order valence-electron chi connectivity index (χ3n) is 16.4. The van der Waals surface area contributed by atoms with Crippen LogP contribution in [0.25, 0.3) is 0 Å². The smallest absolute Gasteiger partial charge is 0.306 e. The highest BCUT2D eigenvalue weighted by Gasteiger charge is 2.16. The monoisotopic (exact) mass is 1170 g/mol. The van der Waals surface area contributed by atoms with E-state index in [0.29, 0.717) is 12.8 Å². The molecule has 0 radical (unpaired) electrons. The number of carbonyl (C=O) groups excluding carboxylic acids is 2. The number of allylic oxidation sites excluding steroid dienone is 16. The molecule has 0 fully saturated rings. The lowest BCUT2D eigenvalue weighted by atomic mass is 10.0. The van der Waals surface area contributed by atoms with Crippen LogP contribution < -0.4 is 0 Å². The number of unbranched alkanes of at least 4 members (excludes halogenated alkanes) is 44. The Hall–Kier alpha value is -3.18. The summed E-state index contributed by atoms with van der Waals surface area (Å²) in [5, 5.41) is 9.71. The summed E-state index contributed by atoms with van der Waals surface area (Å²) < 4.78 is 10.8. The molecule has 0 aliphatic heterocycles. The van der Waals surface area contributed by atoms with Crippen LogP contribution in [-0.2, 0) is 19.1 Å². The van der Waals surface area contributed by atoms with E-state index in [4.69, 9.17) is 9.47 Å². The predicted molar refractivity (Wildman–Crippen MR) is 371 cm³/mol. The Morgan fingerprint density at radius 3 is 0.786 bits per heavy atom. The molecule has 0 amide bonds. The van der Waals surface area contributed by atoms with Gasteiger partial charge >= 0.3 is 11.9 Å². The molecule has 0 aromatic carbocycles. The van der Waals surface area contributed by atoms with Crippen molar-refractivity contribution in [2.45, 2.75) is 380 Å². The molecule has 0 aromatic heterocycles. The van der Waals surface area contributed by atoms with Crippen molar-refractivity contribution in [2.75, 3.05) is 13.2 Å². The summed E-state index contributed by atoms with van der Waals surface area (Å²) in [5.74, 6) is -0.575. The number of ether oxygens (including phenoxy) is 2. The second-order valence-electron chi connectivity index (χ2n) is 24.6. The topological polar surface area (TPSA) is 72.8 Å². The molecule has 1 atom stereocenters. The average Bonchev–Trinajstić information content (AvgIpc) is 3.51. The van der Waals surface area contributed by atoms with Crippen molar-refractivity contribution >= 4 is 11.9 Å². The van der Waals surface area contributed by atoms with Crippen LogP contribution >= 0.6 is 0 Å². The van der Waals surface area contributed by atoms with Gasteiger partial charge in [0.15, 0.2) is 6.10 Å². The second kappa shape index (κ2) is 74.1. The number of hydrogen-bond donors (Lipinski definition) is 1. The number of esters is 2. The molecule has 0 aliphatic rings. The quantitative estimate of drug-likeness (QED) is 0.0373. The van der Waals surface area contributed by atoms with Crippen molar-refractivity contribution < 1.29 is 24.2 Å². The minimum absolute atomic E-state index is 0.0644. The van der Waals surface area contributed by atoms with Gasteiger partial charge in [0.1, 0.15) is 6.61 Å².